The van der Waals surface area contributed by atoms with Crippen molar-refractivity contribution in [1.29, 1.82) is 0 Å². The summed E-state index contributed by atoms with van der Waals surface area (Å²) in [5.74, 6) is -4.05. The van der Waals surface area contributed by atoms with Crippen LogP contribution in [-0.4, -0.2) is 40.7 Å². The zero-order valence-corrected chi connectivity index (χ0v) is 8.98. The van der Waals surface area contributed by atoms with Crippen molar-refractivity contribution < 1.29 is 24.5 Å². The van der Waals surface area contributed by atoms with E-state index >= 15 is 0 Å². The number of rotatable bonds is 3. The van der Waals surface area contributed by atoms with Gasteiger partial charge in [0.15, 0.2) is 0 Å². The second-order valence-corrected chi connectivity index (χ2v) is 4.21. The van der Waals surface area contributed by atoms with Gasteiger partial charge in [0.1, 0.15) is 0 Å². The lowest BCUT2D eigenvalue weighted by molar-refractivity contribution is -0.158. The average molecular weight is 237 g/mol. The molecule has 1 aliphatic carbocycles. The highest BCUT2D eigenvalue weighted by Gasteiger charge is 2.43. The van der Waals surface area contributed by atoms with Crippen LogP contribution in [0.3, 0.4) is 0 Å². The monoisotopic (exact) mass is 236 g/mol. The maximum atomic E-state index is 10.9. The average Bonchev–Trinajstić information content (AvgIpc) is 2.16. The molecule has 0 radical (unpaired) electrons. The first-order valence-corrected chi connectivity index (χ1v) is 5.03. The number of methoxy groups -OCH3 is 1. The van der Waals surface area contributed by atoms with E-state index in [1.54, 1.807) is 0 Å². The van der Waals surface area contributed by atoms with Crippen LogP contribution in [0.25, 0.3) is 0 Å². The van der Waals surface area contributed by atoms with Gasteiger partial charge in [0.25, 0.3) is 0 Å². The normalized spacial score (nSPS) is 36.1. The summed E-state index contributed by atoms with van der Waals surface area (Å²) in [7, 11) is 1.44. The molecule has 86 valence electrons. The van der Waals surface area contributed by atoms with Crippen LogP contribution in [0.2, 0.25) is 0 Å². The molecule has 5 nitrogen and oxygen atoms in total. The molecule has 0 heterocycles. The van der Waals surface area contributed by atoms with Gasteiger partial charge in [-0.3, -0.25) is 9.59 Å². The first-order valence-electron chi connectivity index (χ1n) is 4.59. The van der Waals surface area contributed by atoms with E-state index in [1.165, 1.54) is 7.11 Å². The lowest BCUT2D eigenvalue weighted by Gasteiger charge is -2.34. The van der Waals surface area contributed by atoms with E-state index in [0.717, 1.165) is 0 Å². The van der Waals surface area contributed by atoms with E-state index in [0.29, 0.717) is 0 Å². The van der Waals surface area contributed by atoms with E-state index in [1.807, 2.05) is 0 Å². The van der Waals surface area contributed by atoms with Crippen molar-refractivity contribution >= 4 is 23.5 Å². The van der Waals surface area contributed by atoms with Crippen LogP contribution in [0, 0.1) is 11.8 Å². The Hall–Kier alpha value is -0.810. The Morgan fingerprint density at radius 3 is 2.07 bits per heavy atom. The fraction of sp³-hybridized carbons (Fsp3) is 0.778. The van der Waals surface area contributed by atoms with Crippen LogP contribution < -0.4 is 0 Å². The number of ether oxygens (including phenoxy) is 1. The van der Waals surface area contributed by atoms with Crippen molar-refractivity contribution in [2.24, 2.45) is 11.8 Å². The molecule has 0 aromatic rings. The lowest BCUT2D eigenvalue weighted by atomic mass is 9.77. The van der Waals surface area contributed by atoms with Gasteiger partial charge in [-0.2, -0.15) is 0 Å². The number of hydrogen-bond acceptors (Lipinski definition) is 3. The molecule has 0 bridgehead atoms. The number of carbonyl (C=O) groups is 2. The zero-order valence-electron chi connectivity index (χ0n) is 8.22. The Morgan fingerprint density at radius 2 is 1.67 bits per heavy atom. The van der Waals surface area contributed by atoms with Crippen molar-refractivity contribution in [2.45, 2.75) is 24.3 Å². The van der Waals surface area contributed by atoms with Crippen molar-refractivity contribution in [3.05, 3.63) is 0 Å². The van der Waals surface area contributed by atoms with Crippen molar-refractivity contribution in [1.82, 2.24) is 0 Å². The standard InChI is InChI=1S/C9H13ClO5/c1-15-7-3-5(9(13)14)4(8(11)12)2-6(7)10/h4-7H,2-3H2,1H3,(H,11,12)(H,13,14). The molecule has 1 aliphatic rings. The highest BCUT2D eigenvalue weighted by molar-refractivity contribution is 6.21. The molecule has 6 heteroatoms. The molecule has 0 spiro atoms. The molecule has 1 rings (SSSR count). The Balaban J connectivity index is 2.81. The second kappa shape index (κ2) is 4.81. The molecule has 0 aliphatic heterocycles. The highest BCUT2D eigenvalue weighted by Crippen LogP contribution is 2.35. The van der Waals surface area contributed by atoms with E-state index in [2.05, 4.69) is 0 Å². The number of halogens is 1. The molecule has 4 atom stereocenters. The summed E-state index contributed by atoms with van der Waals surface area (Å²) in [6.45, 7) is 0. The van der Waals surface area contributed by atoms with Gasteiger partial charge in [0.2, 0.25) is 0 Å². The summed E-state index contributed by atoms with van der Waals surface area (Å²) in [6.07, 6.45) is -0.105. The first kappa shape index (κ1) is 12.3. The highest BCUT2D eigenvalue weighted by atomic mass is 35.5. The van der Waals surface area contributed by atoms with Crippen LogP contribution in [0.15, 0.2) is 0 Å². The van der Waals surface area contributed by atoms with Crippen LogP contribution in [0.5, 0.6) is 0 Å². The minimum atomic E-state index is -1.11. The zero-order chi connectivity index (χ0) is 11.6. The maximum absolute atomic E-state index is 10.9. The molecular weight excluding hydrogens is 224 g/mol. The largest absolute Gasteiger partial charge is 0.481 e. The number of carboxylic acid groups (broad SMARTS) is 2. The van der Waals surface area contributed by atoms with Gasteiger partial charge in [-0.05, 0) is 12.8 Å². The van der Waals surface area contributed by atoms with Gasteiger partial charge in [0, 0.05) is 7.11 Å². The summed E-state index contributed by atoms with van der Waals surface area (Å²) in [5, 5.41) is 17.3. The minimum Gasteiger partial charge on any atom is -0.481 e. The number of hydrogen-bond donors (Lipinski definition) is 2. The molecule has 15 heavy (non-hydrogen) atoms. The smallest absolute Gasteiger partial charge is 0.307 e. The summed E-state index contributed by atoms with van der Waals surface area (Å²) in [5.41, 5.74) is 0. The SMILES string of the molecule is COC1CC(C(=O)O)C(C(=O)O)CC1Cl. The molecule has 0 aromatic heterocycles. The Morgan fingerprint density at radius 1 is 1.20 bits per heavy atom. The molecule has 2 N–H and O–H groups in total. The Kier molecular flexibility index (Phi) is 3.93. The molecule has 1 fully saturated rings. The van der Waals surface area contributed by atoms with Crippen LogP contribution in [0.1, 0.15) is 12.8 Å². The summed E-state index contributed by atoms with van der Waals surface area (Å²) < 4.78 is 5.02. The van der Waals surface area contributed by atoms with Crippen molar-refractivity contribution in [2.75, 3.05) is 7.11 Å². The van der Waals surface area contributed by atoms with Crippen LogP contribution >= 0.6 is 11.6 Å². The lowest BCUT2D eigenvalue weighted by Crippen LogP contribution is -2.43. The van der Waals surface area contributed by atoms with E-state index in [-0.39, 0.29) is 18.9 Å². The molecular formula is C9H13ClO5. The molecule has 0 saturated heterocycles. The fourth-order valence-corrected chi connectivity index (χ4v) is 2.31. The summed E-state index contributed by atoms with van der Waals surface area (Å²) in [6, 6.07) is 0. The molecule has 0 aromatic carbocycles. The summed E-state index contributed by atoms with van der Waals surface area (Å²) in [4.78, 5) is 21.7. The number of carboxylic acids is 2. The maximum Gasteiger partial charge on any atom is 0.307 e. The predicted molar refractivity (Wildman–Crippen MR) is 51.9 cm³/mol. The van der Waals surface area contributed by atoms with Gasteiger partial charge < -0.3 is 14.9 Å². The molecule has 4 unspecified atom stereocenters. The second-order valence-electron chi connectivity index (χ2n) is 3.65. The van der Waals surface area contributed by atoms with E-state index in [4.69, 9.17) is 26.6 Å². The van der Waals surface area contributed by atoms with Gasteiger partial charge in [-0.25, -0.2) is 0 Å². The third-order valence-corrected chi connectivity index (χ3v) is 3.25. The van der Waals surface area contributed by atoms with Crippen LogP contribution in [0.4, 0.5) is 0 Å². The van der Waals surface area contributed by atoms with Crippen LogP contribution in [-0.2, 0) is 14.3 Å². The summed E-state index contributed by atoms with van der Waals surface area (Å²) >= 11 is 5.91. The predicted octanol–water partition coefficient (Wildman–Crippen LogP) is 0.804. The van der Waals surface area contributed by atoms with Crippen molar-refractivity contribution in [3.8, 4) is 0 Å². The van der Waals surface area contributed by atoms with Gasteiger partial charge in [0.05, 0.1) is 23.3 Å². The van der Waals surface area contributed by atoms with E-state index < -0.39 is 29.2 Å². The minimum absolute atomic E-state index is 0.131. The van der Waals surface area contributed by atoms with Gasteiger partial charge >= 0.3 is 11.9 Å². The first-order chi connectivity index (χ1) is 6.97. The van der Waals surface area contributed by atoms with E-state index in [9.17, 15) is 9.59 Å². The topological polar surface area (TPSA) is 83.8 Å². The Bertz CT molecular complexity index is 267. The van der Waals surface area contributed by atoms with Gasteiger partial charge in [-0.15, -0.1) is 11.6 Å². The molecule has 1 saturated carbocycles. The third kappa shape index (κ3) is 2.60. The number of alkyl halides is 1. The third-order valence-electron chi connectivity index (χ3n) is 2.79. The molecule has 0 amide bonds. The fourth-order valence-electron chi connectivity index (χ4n) is 1.91. The quantitative estimate of drug-likeness (QED) is 0.709. The number of aliphatic carboxylic acids is 2. The van der Waals surface area contributed by atoms with Crippen molar-refractivity contribution in [3.63, 3.8) is 0 Å². The van der Waals surface area contributed by atoms with Gasteiger partial charge in [-0.1, -0.05) is 0 Å². The Labute approximate surface area is 92.0 Å².